The first kappa shape index (κ1) is 14.6. The van der Waals surface area contributed by atoms with Gasteiger partial charge in [-0.05, 0) is 31.0 Å². The van der Waals surface area contributed by atoms with Gasteiger partial charge in [0.2, 0.25) is 0 Å². The standard InChI is InChI=1S/C17H18ClNO/c1-13-7-9-15(10-8-13)19-16(17(20)12-18)11-14-5-3-2-4-6-14/h2-10,16,19H,11-12H2,1H3/t16-/m0/s1. The average molecular weight is 288 g/mol. The minimum absolute atomic E-state index is 0.0103. The minimum Gasteiger partial charge on any atom is -0.375 e. The van der Waals surface area contributed by atoms with Crippen LogP contribution in [0.25, 0.3) is 0 Å². The van der Waals surface area contributed by atoms with E-state index in [-0.39, 0.29) is 17.7 Å². The molecule has 2 aromatic rings. The Labute approximate surface area is 124 Å². The Balaban J connectivity index is 2.11. The van der Waals surface area contributed by atoms with E-state index < -0.39 is 0 Å². The molecule has 1 atom stereocenters. The molecule has 2 aromatic carbocycles. The van der Waals surface area contributed by atoms with Gasteiger partial charge in [-0.25, -0.2) is 0 Å². The van der Waals surface area contributed by atoms with E-state index in [0.29, 0.717) is 6.42 Å². The molecule has 0 aliphatic carbocycles. The highest BCUT2D eigenvalue weighted by molar-refractivity contribution is 6.28. The molecule has 0 aliphatic heterocycles. The summed E-state index contributed by atoms with van der Waals surface area (Å²) in [5, 5.41) is 3.27. The predicted molar refractivity (Wildman–Crippen MR) is 84.5 cm³/mol. The number of hydrogen-bond donors (Lipinski definition) is 1. The SMILES string of the molecule is Cc1ccc(N[C@@H](Cc2ccccc2)C(=O)CCl)cc1. The largest absolute Gasteiger partial charge is 0.375 e. The van der Waals surface area contributed by atoms with E-state index in [1.54, 1.807) is 0 Å². The Bertz CT molecular complexity index is 551. The molecule has 104 valence electrons. The van der Waals surface area contributed by atoms with E-state index in [2.05, 4.69) is 5.32 Å². The van der Waals surface area contributed by atoms with Crippen molar-refractivity contribution in [3.8, 4) is 0 Å². The van der Waals surface area contributed by atoms with Crippen molar-refractivity contribution in [2.24, 2.45) is 0 Å². The van der Waals surface area contributed by atoms with Crippen molar-refractivity contribution in [1.29, 1.82) is 0 Å². The second kappa shape index (κ2) is 7.11. The maximum atomic E-state index is 12.0. The number of alkyl halides is 1. The molecule has 3 heteroatoms. The molecule has 0 bridgehead atoms. The number of rotatable bonds is 6. The van der Waals surface area contributed by atoms with Crippen LogP contribution in [0.4, 0.5) is 5.69 Å². The quantitative estimate of drug-likeness (QED) is 0.818. The number of hydrogen-bond acceptors (Lipinski definition) is 2. The molecule has 0 unspecified atom stereocenters. The minimum atomic E-state index is -0.294. The van der Waals surface area contributed by atoms with Gasteiger partial charge in [0.15, 0.2) is 5.78 Å². The van der Waals surface area contributed by atoms with E-state index in [4.69, 9.17) is 11.6 Å². The summed E-state index contributed by atoms with van der Waals surface area (Å²) in [6.07, 6.45) is 0.639. The summed E-state index contributed by atoms with van der Waals surface area (Å²) in [6, 6.07) is 17.7. The lowest BCUT2D eigenvalue weighted by Crippen LogP contribution is -2.32. The molecule has 0 aliphatic rings. The summed E-state index contributed by atoms with van der Waals surface area (Å²) in [7, 11) is 0. The number of nitrogens with one attached hydrogen (secondary N) is 1. The monoisotopic (exact) mass is 287 g/mol. The number of benzene rings is 2. The summed E-state index contributed by atoms with van der Waals surface area (Å²) in [5.41, 5.74) is 3.25. The smallest absolute Gasteiger partial charge is 0.170 e. The lowest BCUT2D eigenvalue weighted by atomic mass is 10.0. The van der Waals surface area contributed by atoms with Crippen molar-refractivity contribution in [3.63, 3.8) is 0 Å². The first-order chi connectivity index (χ1) is 9.69. The van der Waals surface area contributed by atoms with Crippen molar-refractivity contribution in [2.45, 2.75) is 19.4 Å². The van der Waals surface area contributed by atoms with Gasteiger partial charge in [0.25, 0.3) is 0 Å². The summed E-state index contributed by atoms with van der Waals surface area (Å²) in [5.74, 6) is 0.0344. The van der Waals surface area contributed by atoms with Crippen LogP contribution in [0.2, 0.25) is 0 Å². The van der Waals surface area contributed by atoms with Crippen LogP contribution in [0.3, 0.4) is 0 Å². The highest BCUT2D eigenvalue weighted by Crippen LogP contribution is 2.13. The summed E-state index contributed by atoms with van der Waals surface area (Å²) in [6.45, 7) is 2.04. The Morgan fingerprint density at radius 3 is 2.35 bits per heavy atom. The first-order valence-electron chi connectivity index (χ1n) is 6.65. The van der Waals surface area contributed by atoms with Gasteiger partial charge in [-0.2, -0.15) is 0 Å². The second-order valence-corrected chi connectivity index (χ2v) is 5.12. The number of Topliss-reactive ketones (excluding diaryl/α,β-unsaturated/α-hetero) is 1. The molecule has 0 spiro atoms. The number of ketones is 1. The highest BCUT2D eigenvalue weighted by Gasteiger charge is 2.17. The zero-order chi connectivity index (χ0) is 14.4. The van der Waals surface area contributed by atoms with Crippen LogP contribution in [0.15, 0.2) is 54.6 Å². The van der Waals surface area contributed by atoms with Gasteiger partial charge in [0, 0.05) is 5.69 Å². The fourth-order valence-corrected chi connectivity index (χ4v) is 2.23. The van der Waals surface area contributed by atoms with E-state index in [9.17, 15) is 4.79 Å². The molecule has 0 aromatic heterocycles. The number of anilines is 1. The van der Waals surface area contributed by atoms with Crippen LogP contribution in [-0.2, 0) is 11.2 Å². The van der Waals surface area contributed by atoms with Crippen molar-refractivity contribution < 1.29 is 4.79 Å². The van der Waals surface area contributed by atoms with E-state index in [1.807, 2.05) is 61.5 Å². The van der Waals surface area contributed by atoms with E-state index in [0.717, 1.165) is 11.3 Å². The molecule has 20 heavy (non-hydrogen) atoms. The van der Waals surface area contributed by atoms with Crippen LogP contribution in [0.1, 0.15) is 11.1 Å². The third-order valence-electron chi connectivity index (χ3n) is 3.20. The normalized spacial score (nSPS) is 11.9. The van der Waals surface area contributed by atoms with Crippen molar-refractivity contribution in [1.82, 2.24) is 0 Å². The zero-order valence-electron chi connectivity index (χ0n) is 11.5. The molecule has 1 N–H and O–H groups in total. The van der Waals surface area contributed by atoms with Gasteiger partial charge in [0.05, 0.1) is 11.9 Å². The lowest BCUT2D eigenvalue weighted by molar-refractivity contribution is -0.117. The number of carbonyl (C=O) groups is 1. The summed E-state index contributed by atoms with van der Waals surface area (Å²) >= 11 is 5.71. The van der Waals surface area contributed by atoms with Crippen molar-refractivity contribution >= 4 is 23.1 Å². The third-order valence-corrected chi connectivity index (χ3v) is 3.46. The van der Waals surface area contributed by atoms with Gasteiger partial charge in [-0.3, -0.25) is 4.79 Å². The first-order valence-corrected chi connectivity index (χ1v) is 7.18. The molecule has 0 heterocycles. The number of carbonyl (C=O) groups excluding carboxylic acids is 1. The van der Waals surface area contributed by atoms with Crippen LogP contribution in [-0.4, -0.2) is 17.7 Å². The molecule has 0 fully saturated rings. The van der Waals surface area contributed by atoms with Gasteiger partial charge < -0.3 is 5.32 Å². The summed E-state index contributed by atoms with van der Waals surface area (Å²) in [4.78, 5) is 12.0. The second-order valence-electron chi connectivity index (χ2n) is 4.85. The molecule has 0 saturated carbocycles. The molecular formula is C17H18ClNO. The van der Waals surface area contributed by atoms with E-state index in [1.165, 1.54) is 5.56 Å². The van der Waals surface area contributed by atoms with Gasteiger partial charge in [-0.1, -0.05) is 48.0 Å². The topological polar surface area (TPSA) is 29.1 Å². The maximum absolute atomic E-state index is 12.0. The molecular weight excluding hydrogens is 270 g/mol. The van der Waals surface area contributed by atoms with Gasteiger partial charge in [0.1, 0.15) is 0 Å². The summed E-state index contributed by atoms with van der Waals surface area (Å²) < 4.78 is 0. The Hall–Kier alpha value is -1.80. The van der Waals surface area contributed by atoms with Crippen LogP contribution < -0.4 is 5.32 Å². The van der Waals surface area contributed by atoms with Crippen LogP contribution in [0.5, 0.6) is 0 Å². The molecule has 0 amide bonds. The molecule has 2 rings (SSSR count). The van der Waals surface area contributed by atoms with E-state index >= 15 is 0 Å². The Morgan fingerprint density at radius 2 is 1.75 bits per heavy atom. The average Bonchev–Trinajstić information content (AvgIpc) is 2.49. The zero-order valence-corrected chi connectivity index (χ0v) is 12.2. The Morgan fingerprint density at radius 1 is 1.10 bits per heavy atom. The molecule has 0 saturated heterocycles. The fraction of sp³-hybridized carbons (Fsp3) is 0.235. The van der Waals surface area contributed by atoms with Crippen LogP contribution >= 0.6 is 11.6 Å². The van der Waals surface area contributed by atoms with Crippen molar-refractivity contribution in [2.75, 3.05) is 11.2 Å². The third kappa shape index (κ3) is 4.10. The fourth-order valence-electron chi connectivity index (χ4n) is 2.04. The molecule has 0 radical (unpaired) electrons. The molecule has 2 nitrogen and oxygen atoms in total. The van der Waals surface area contributed by atoms with Gasteiger partial charge in [-0.15, -0.1) is 11.6 Å². The van der Waals surface area contributed by atoms with Crippen molar-refractivity contribution in [3.05, 3.63) is 65.7 Å². The Kier molecular flexibility index (Phi) is 5.19. The lowest BCUT2D eigenvalue weighted by Gasteiger charge is -2.18. The van der Waals surface area contributed by atoms with Gasteiger partial charge >= 0.3 is 0 Å². The number of halogens is 1. The maximum Gasteiger partial charge on any atom is 0.170 e. The van der Waals surface area contributed by atoms with Crippen LogP contribution in [0, 0.1) is 6.92 Å². The number of aryl methyl sites for hydroxylation is 1. The highest BCUT2D eigenvalue weighted by atomic mass is 35.5. The predicted octanol–water partition coefficient (Wildman–Crippen LogP) is 3.83.